The lowest BCUT2D eigenvalue weighted by Crippen LogP contribution is -2.28. The third-order valence-corrected chi connectivity index (χ3v) is 5.41. The van der Waals surface area contributed by atoms with Gasteiger partial charge in [-0.2, -0.15) is 0 Å². The maximum atomic E-state index is 13.2. The number of aromatic nitrogens is 3. The average Bonchev–Trinajstić information content (AvgIpc) is 3.05. The van der Waals surface area contributed by atoms with Gasteiger partial charge >= 0.3 is 0 Å². The fraction of sp³-hybridized carbons (Fsp3) is 0.429. The number of fused-ring (bicyclic) bond motifs is 3. The molecule has 1 N–H and O–H groups in total. The van der Waals surface area contributed by atoms with Gasteiger partial charge in [-0.25, -0.2) is 4.98 Å². The zero-order valence-electron chi connectivity index (χ0n) is 15.7. The molecule has 3 heterocycles. The van der Waals surface area contributed by atoms with Crippen LogP contribution in [0.5, 0.6) is 0 Å². The number of allylic oxidation sites excluding steroid dienone is 2. The number of nitrogens with one attached hydrogen (secondary N) is 1. The van der Waals surface area contributed by atoms with Gasteiger partial charge in [0.1, 0.15) is 16.9 Å². The number of piperidine rings is 1. The third kappa shape index (κ3) is 2.76. The summed E-state index contributed by atoms with van der Waals surface area (Å²) in [7, 11) is 1.85. The highest BCUT2D eigenvalue weighted by Crippen LogP contribution is 2.30. The summed E-state index contributed by atoms with van der Waals surface area (Å²) >= 11 is 0. The second-order valence-electron chi connectivity index (χ2n) is 7.46. The van der Waals surface area contributed by atoms with Gasteiger partial charge in [0.25, 0.3) is 5.56 Å². The quantitative estimate of drug-likeness (QED) is 0.737. The summed E-state index contributed by atoms with van der Waals surface area (Å²) in [5.41, 5.74) is 3.81. The smallest absolute Gasteiger partial charge is 0.276 e. The summed E-state index contributed by atoms with van der Waals surface area (Å²) in [5.74, 6) is 1.46. The Hall–Kier alpha value is -2.40. The molecule has 0 saturated carbocycles. The summed E-state index contributed by atoms with van der Waals surface area (Å²) in [6.45, 7) is 6.91. The number of para-hydroxylation sites is 1. The van der Waals surface area contributed by atoms with Crippen molar-refractivity contribution in [2.24, 2.45) is 7.05 Å². The molecule has 3 aromatic rings. The van der Waals surface area contributed by atoms with Gasteiger partial charge in [-0.15, -0.1) is 0 Å². The molecule has 0 unspecified atom stereocenters. The first kappa shape index (κ1) is 17.0. The van der Waals surface area contributed by atoms with Gasteiger partial charge in [-0.05, 0) is 45.8 Å². The number of hydrogen-bond acceptors (Lipinski definition) is 3. The highest BCUT2D eigenvalue weighted by molar-refractivity contribution is 6.02. The molecule has 0 spiro atoms. The van der Waals surface area contributed by atoms with Gasteiger partial charge in [0.05, 0.1) is 5.52 Å². The van der Waals surface area contributed by atoms with E-state index in [9.17, 15) is 4.79 Å². The minimum Gasteiger partial charge on any atom is -0.319 e. The molecule has 0 bridgehead atoms. The molecule has 1 aliphatic rings. The van der Waals surface area contributed by atoms with E-state index in [1.54, 1.807) is 4.57 Å². The molecule has 5 heteroatoms. The molecule has 0 atom stereocenters. The minimum atomic E-state index is 0.0357. The van der Waals surface area contributed by atoms with Gasteiger partial charge in [0.15, 0.2) is 0 Å². The zero-order valence-corrected chi connectivity index (χ0v) is 15.7. The lowest BCUT2D eigenvalue weighted by Gasteiger charge is -2.22. The lowest BCUT2D eigenvalue weighted by molar-refractivity contribution is 0.436. The molecule has 136 valence electrons. The van der Waals surface area contributed by atoms with Crippen molar-refractivity contribution in [1.29, 1.82) is 0 Å². The molecule has 5 nitrogen and oxygen atoms in total. The van der Waals surface area contributed by atoms with Gasteiger partial charge in [-0.1, -0.05) is 29.8 Å². The van der Waals surface area contributed by atoms with Gasteiger partial charge in [0, 0.05) is 24.9 Å². The highest BCUT2D eigenvalue weighted by atomic mass is 16.1. The predicted octanol–water partition coefficient (Wildman–Crippen LogP) is 3.32. The Morgan fingerprint density at radius 2 is 2.00 bits per heavy atom. The second kappa shape index (κ2) is 6.72. The normalized spacial score (nSPS) is 15.7. The van der Waals surface area contributed by atoms with Crippen LogP contribution in [0.25, 0.3) is 21.9 Å². The van der Waals surface area contributed by atoms with Gasteiger partial charge in [0.2, 0.25) is 0 Å². The standard InChI is InChI=1S/C21H26N4O/c1-14(2)10-13-25-19-18(23-20(25)15-8-11-22-12-9-15)16-6-4-5-7-17(16)24(3)21(19)26/h4-7,10,15,22H,8-9,11-13H2,1-3H3. The number of aryl methyl sites for hydroxylation is 1. The van der Waals surface area contributed by atoms with Crippen molar-refractivity contribution in [3.63, 3.8) is 0 Å². The lowest BCUT2D eigenvalue weighted by atomic mass is 9.97. The topological polar surface area (TPSA) is 51.9 Å². The van der Waals surface area contributed by atoms with Crippen molar-refractivity contribution in [2.45, 2.75) is 39.2 Å². The fourth-order valence-electron chi connectivity index (χ4n) is 3.96. The van der Waals surface area contributed by atoms with Crippen LogP contribution in [0.15, 0.2) is 40.7 Å². The number of pyridine rings is 1. The minimum absolute atomic E-state index is 0.0357. The maximum absolute atomic E-state index is 13.2. The van der Waals surface area contributed by atoms with Crippen LogP contribution in [-0.4, -0.2) is 27.2 Å². The summed E-state index contributed by atoms with van der Waals surface area (Å²) in [6.07, 6.45) is 4.31. The highest BCUT2D eigenvalue weighted by Gasteiger charge is 2.24. The van der Waals surface area contributed by atoms with Crippen LogP contribution in [0.4, 0.5) is 0 Å². The van der Waals surface area contributed by atoms with E-state index in [-0.39, 0.29) is 5.56 Å². The molecule has 1 aliphatic heterocycles. The maximum Gasteiger partial charge on any atom is 0.276 e. The van der Waals surface area contributed by atoms with Crippen molar-refractivity contribution in [3.05, 3.63) is 52.1 Å². The number of imidazole rings is 1. The number of benzene rings is 1. The van der Waals surface area contributed by atoms with E-state index in [0.29, 0.717) is 12.5 Å². The molecule has 2 aromatic heterocycles. The Kier molecular flexibility index (Phi) is 4.41. The van der Waals surface area contributed by atoms with Crippen LogP contribution in [0.1, 0.15) is 38.4 Å². The van der Waals surface area contributed by atoms with Crippen LogP contribution >= 0.6 is 0 Å². The fourth-order valence-corrected chi connectivity index (χ4v) is 3.96. The zero-order chi connectivity index (χ0) is 18.3. The number of rotatable bonds is 3. The van der Waals surface area contributed by atoms with Crippen molar-refractivity contribution in [3.8, 4) is 0 Å². The molecule has 0 amide bonds. The summed E-state index contributed by atoms with van der Waals surface area (Å²) < 4.78 is 3.91. The average molecular weight is 350 g/mol. The van der Waals surface area contributed by atoms with E-state index in [4.69, 9.17) is 4.98 Å². The Morgan fingerprint density at radius 1 is 1.27 bits per heavy atom. The summed E-state index contributed by atoms with van der Waals surface area (Å²) in [4.78, 5) is 18.2. The number of hydrogen-bond donors (Lipinski definition) is 1. The van der Waals surface area contributed by atoms with E-state index >= 15 is 0 Å². The van der Waals surface area contributed by atoms with Crippen LogP contribution in [0.3, 0.4) is 0 Å². The van der Waals surface area contributed by atoms with Crippen LogP contribution in [-0.2, 0) is 13.6 Å². The van der Waals surface area contributed by atoms with Crippen molar-refractivity contribution < 1.29 is 0 Å². The molecule has 0 aliphatic carbocycles. The van der Waals surface area contributed by atoms with Gasteiger partial charge < -0.3 is 14.5 Å². The van der Waals surface area contributed by atoms with E-state index in [1.807, 2.05) is 25.2 Å². The van der Waals surface area contributed by atoms with Crippen molar-refractivity contribution in [1.82, 2.24) is 19.4 Å². The Balaban J connectivity index is 2.05. The first-order valence-corrected chi connectivity index (χ1v) is 9.40. The number of nitrogens with zero attached hydrogens (tertiary/aromatic N) is 3. The van der Waals surface area contributed by atoms with Crippen molar-refractivity contribution >= 4 is 21.9 Å². The molecule has 4 rings (SSSR count). The van der Waals surface area contributed by atoms with E-state index in [1.165, 1.54) is 5.57 Å². The van der Waals surface area contributed by atoms with E-state index < -0.39 is 0 Å². The molecule has 1 aromatic carbocycles. The van der Waals surface area contributed by atoms with Gasteiger partial charge in [-0.3, -0.25) is 4.79 Å². The predicted molar refractivity (Wildman–Crippen MR) is 107 cm³/mol. The Labute approximate surface area is 153 Å². The van der Waals surface area contributed by atoms with Crippen molar-refractivity contribution in [2.75, 3.05) is 13.1 Å². The molecular weight excluding hydrogens is 324 g/mol. The monoisotopic (exact) mass is 350 g/mol. The van der Waals surface area contributed by atoms with E-state index in [0.717, 1.165) is 53.7 Å². The Bertz CT molecular complexity index is 1050. The van der Waals surface area contributed by atoms with Crippen LogP contribution in [0.2, 0.25) is 0 Å². The van der Waals surface area contributed by atoms with Crippen LogP contribution < -0.4 is 10.9 Å². The third-order valence-electron chi connectivity index (χ3n) is 5.41. The molecule has 26 heavy (non-hydrogen) atoms. The first-order chi connectivity index (χ1) is 12.6. The summed E-state index contributed by atoms with van der Waals surface area (Å²) in [6, 6.07) is 8.06. The first-order valence-electron chi connectivity index (χ1n) is 9.40. The van der Waals surface area contributed by atoms with Crippen LogP contribution in [0, 0.1) is 0 Å². The second-order valence-corrected chi connectivity index (χ2v) is 7.46. The molecule has 1 fully saturated rings. The largest absolute Gasteiger partial charge is 0.319 e. The summed E-state index contributed by atoms with van der Waals surface area (Å²) in [5, 5.41) is 4.47. The molecule has 1 saturated heterocycles. The van der Waals surface area contributed by atoms with E-state index in [2.05, 4.69) is 35.9 Å². The molecular formula is C21H26N4O. The molecule has 0 radical (unpaired) electrons. The SMILES string of the molecule is CC(C)=CCn1c(C2CCNCC2)nc2c3ccccc3n(C)c(=O)c21. The Morgan fingerprint density at radius 3 is 2.73 bits per heavy atom.